The summed E-state index contributed by atoms with van der Waals surface area (Å²) in [6, 6.07) is 0.791. The van der Waals surface area contributed by atoms with Crippen LogP contribution in [-0.4, -0.2) is 35.0 Å². The minimum Gasteiger partial charge on any atom is -0.127 e. The molecule has 0 aromatic heterocycles. The summed E-state index contributed by atoms with van der Waals surface area (Å²) in [5.41, 5.74) is 0. The van der Waals surface area contributed by atoms with Crippen LogP contribution in [0.15, 0.2) is 0 Å². The Kier molecular flexibility index (Phi) is 0.355. The van der Waals surface area contributed by atoms with Crippen molar-refractivity contribution in [1.82, 2.24) is 5.06 Å². The van der Waals surface area contributed by atoms with Gasteiger partial charge in [-0.05, 0) is 6.92 Å². The van der Waals surface area contributed by atoms with Crippen LogP contribution in [0.2, 0.25) is 0 Å². The molecule has 3 heteroatoms. The fraction of sp³-hybridized carbons (Fsp3) is 1.00. The second-order valence-electron chi connectivity index (χ2n) is 3.05. The lowest BCUT2D eigenvalue weighted by Gasteiger charge is -2.23. The third-order valence-electron chi connectivity index (χ3n) is 2.47. The number of hydrogen-bond donors (Lipinski definition) is 0. The molecule has 3 rings (SSSR count). The van der Waals surface area contributed by atoms with Gasteiger partial charge in [-0.25, -0.2) is 0 Å². The zero-order chi connectivity index (χ0) is 5.35. The van der Waals surface area contributed by atoms with E-state index in [9.17, 15) is 0 Å². The van der Waals surface area contributed by atoms with Gasteiger partial charge < -0.3 is 0 Å². The van der Waals surface area contributed by atoms with Crippen LogP contribution in [0.5, 0.6) is 0 Å². The standard InChI is InChI=1S/C5H9N2O/c1-4-3-7(4)5-2-6(5)8-7/h4-5H,2-3H2,1H3/q+1. The SMILES string of the molecule is CC1C[N+]12ON1CC12. The highest BCUT2D eigenvalue weighted by Gasteiger charge is 2.80. The molecule has 0 saturated carbocycles. The lowest BCUT2D eigenvalue weighted by molar-refractivity contribution is -1.11. The fourth-order valence-electron chi connectivity index (χ4n) is 1.66. The van der Waals surface area contributed by atoms with Crippen molar-refractivity contribution in [2.24, 2.45) is 0 Å². The van der Waals surface area contributed by atoms with E-state index in [0.717, 1.165) is 16.9 Å². The van der Waals surface area contributed by atoms with Crippen molar-refractivity contribution in [3.8, 4) is 0 Å². The second kappa shape index (κ2) is 0.744. The van der Waals surface area contributed by atoms with E-state index in [1.807, 2.05) is 5.06 Å². The van der Waals surface area contributed by atoms with E-state index >= 15 is 0 Å². The van der Waals surface area contributed by atoms with E-state index < -0.39 is 0 Å². The van der Waals surface area contributed by atoms with Crippen LogP contribution in [0, 0.1) is 0 Å². The minimum absolute atomic E-state index is 0.782. The summed E-state index contributed by atoms with van der Waals surface area (Å²) in [6.45, 7) is 4.68. The molecule has 4 atom stereocenters. The van der Waals surface area contributed by atoms with Gasteiger partial charge in [0.2, 0.25) is 6.17 Å². The Morgan fingerprint density at radius 2 is 2.50 bits per heavy atom. The van der Waals surface area contributed by atoms with Crippen LogP contribution in [0.4, 0.5) is 0 Å². The molecule has 0 aromatic rings. The summed E-state index contributed by atoms with van der Waals surface area (Å²) in [5.74, 6) is 0. The van der Waals surface area contributed by atoms with Crippen LogP contribution < -0.4 is 0 Å². The quantitative estimate of drug-likeness (QED) is 0.316. The van der Waals surface area contributed by atoms with Gasteiger partial charge in [-0.2, -0.15) is 0 Å². The van der Waals surface area contributed by atoms with Gasteiger partial charge in [-0.1, -0.05) is 10.0 Å². The molecule has 8 heavy (non-hydrogen) atoms. The lowest BCUT2D eigenvalue weighted by Crippen LogP contribution is -2.45. The molecule has 0 aliphatic carbocycles. The monoisotopic (exact) mass is 113 g/mol. The first kappa shape index (κ1) is 3.82. The largest absolute Gasteiger partial charge is 0.220 e. The molecule has 4 unspecified atom stereocenters. The maximum Gasteiger partial charge on any atom is 0.220 e. The summed E-state index contributed by atoms with van der Waals surface area (Å²) < 4.78 is 0.972. The number of hydroxylamine groups is 5. The Morgan fingerprint density at radius 1 is 1.75 bits per heavy atom. The fourth-order valence-corrected chi connectivity index (χ4v) is 1.66. The summed E-state index contributed by atoms with van der Waals surface area (Å²) in [4.78, 5) is 5.39. The van der Waals surface area contributed by atoms with Crippen LogP contribution >= 0.6 is 0 Å². The third kappa shape index (κ3) is 0.209. The highest BCUT2D eigenvalue weighted by atomic mass is 17.0. The number of fused-ring (bicyclic) bond motifs is 2. The first-order chi connectivity index (χ1) is 3.83. The molecular formula is C5H9N2O+. The van der Waals surface area contributed by atoms with Gasteiger partial charge in [0.1, 0.15) is 6.54 Å². The molecule has 0 radical (unpaired) electrons. The van der Waals surface area contributed by atoms with E-state index in [-0.39, 0.29) is 0 Å². The van der Waals surface area contributed by atoms with Gasteiger partial charge in [0, 0.05) is 0 Å². The molecule has 3 aliphatic rings. The Balaban J connectivity index is 1.93. The van der Waals surface area contributed by atoms with Crippen LogP contribution in [-0.2, 0) is 4.94 Å². The Bertz CT molecular complexity index is 161. The molecule has 3 heterocycles. The van der Waals surface area contributed by atoms with E-state index in [2.05, 4.69) is 6.92 Å². The van der Waals surface area contributed by atoms with E-state index in [0.29, 0.717) is 0 Å². The Morgan fingerprint density at radius 3 is 2.62 bits per heavy atom. The molecule has 3 saturated heterocycles. The van der Waals surface area contributed by atoms with Crippen molar-refractivity contribution >= 4 is 0 Å². The van der Waals surface area contributed by atoms with Crippen molar-refractivity contribution in [2.75, 3.05) is 13.1 Å². The number of nitrogens with zero attached hydrogens (tertiary/aromatic N) is 2. The van der Waals surface area contributed by atoms with E-state index in [1.165, 1.54) is 13.1 Å². The van der Waals surface area contributed by atoms with Crippen molar-refractivity contribution in [3.05, 3.63) is 0 Å². The van der Waals surface area contributed by atoms with E-state index in [1.54, 1.807) is 0 Å². The first-order valence-electron chi connectivity index (χ1n) is 3.17. The number of rotatable bonds is 0. The molecule has 0 bridgehead atoms. The maximum atomic E-state index is 5.39. The highest BCUT2D eigenvalue weighted by Crippen LogP contribution is 2.52. The molecule has 0 aromatic carbocycles. The predicted octanol–water partition coefficient (Wildman–Crippen LogP) is -0.293. The summed E-state index contributed by atoms with van der Waals surface area (Å²) in [5, 5.41) is 2.05. The molecule has 44 valence electrons. The second-order valence-corrected chi connectivity index (χ2v) is 3.05. The summed E-state index contributed by atoms with van der Waals surface area (Å²) in [6.07, 6.45) is 0.782. The molecule has 3 fully saturated rings. The van der Waals surface area contributed by atoms with Crippen molar-refractivity contribution in [3.63, 3.8) is 0 Å². The molecule has 0 amide bonds. The van der Waals surface area contributed by atoms with Crippen molar-refractivity contribution in [2.45, 2.75) is 19.1 Å². The zero-order valence-electron chi connectivity index (χ0n) is 4.87. The number of quaternary nitrogens is 1. The lowest BCUT2D eigenvalue weighted by atomic mass is 10.6. The maximum absolute atomic E-state index is 5.39. The van der Waals surface area contributed by atoms with Gasteiger partial charge >= 0.3 is 0 Å². The van der Waals surface area contributed by atoms with Crippen LogP contribution in [0.3, 0.4) is 0 Å². The van der Waals surface area contributed by atoms with Gasteiger partial charge in [0.15, 0.2) is 12.6 Å². The average Bonchev–Trinajstić information content (AvgIpc) is 2.45. The summed E-state index contributed by atoms with van der Waals surface area (Å²) in [7, 11) is 0. The smallest absolute Gasteiger partial charge is 0.127 e. The molecular weight excluding hydrogens is 104 g/mol. The third-order valence-corrected chi connectivity index (χ3v) is 2.47. The predicted molar refractivity (Wildman–Crippen MR) is 26.2 cm³/mol. The number of hydrogen-bond acceptors (Lipinski definition) is 2. The summed E-state index contributed by atoms with van der Waals surface area (Å²) >= 11 is 0. The van der Waals surface area contributed by atoms with Gasteiger partial charge in [0.25, 0.3) is 0 Å². The molecule has 3 aliphatic heterocycles. The van der Waals surface area contributed by atoms with Crippen LogP contribution in [0.1, 0.15) is 6.92 Å². The highest BCUT2D eigenvalue weighted by molar-refractivity contribution is 4.85. The normalized spacial score (nSPS) is 73.9. The van der Waals surface area contributed by atoms with Crippen molar-refractivity contribution in [1.29, 1.82) is 0 Å². The molecule has 1 spiro atoms. The van der Waals surface area contributed by atoms with E-state index in [4.69, 9.17) is 4.94 Å². The topological polar surface area (TPSA) is 12.2 Å². The van der Waals surface area contributed by atoms with Gasteiger partial charge in [-0.15, -0.1) is 4.65 Å². The zero-order valence-corrected chi connectivity index (χ0v) is 4.87. The first-order valence-corrected chi connectivity index (χ1v) is 3.17. The molecule has 3 nitrogen and oxygen atoms in total. The van der Waals surface area contributed by atoms with Crippen LogP contribution in [0.25, 0.3) is 0 Å². The van der Waals surface area contributed by atoms with Crippen molar-refractivity contribution < 1.29 is 9.58 Å². The average molecular weight is 113 g/mol. The minimum atomic E-state index is 0.782. The Labute approximate surface area is 47.9 Å². The molecule has 0 N–H and O–H groups in total. The Hall–Kier alpha value is -0.120. The van der Waals surface area contributed by atoms with Gasteiger partial charge in [0.05, 0.1) is 0 Å². The van der Waals surface area contributed by atoms with Gasteiger partial charge in [-0.3, -0.25) is 0 Å².